The van der Waals surface area contributed by atoms with Gasteiger partial charge in [-0.2, -0.15) is 0 Å². The highest BCUT2D eigenvalue weighted by Crippen LogP contribution is 2.35. The fourth-order valence-corrected chi connectivity index (χ4v) is 5.03. The molecule has 1 unspecified atom stereocenters. The molecule has 0 aliphatic carbocycles. The molecule has 3 aliphatic rings. The molecular weight excluding hydrogens is 408 g/mol. The van der Waals surface area contributed by atoms with Crippen molar-refractivity contribution in [1.82, 2.24) is 9.80 Å². The molecule has 1 saturated heterocycles. The Kier molecular flexibility index (Phi) is 5.83. The molecule has 0 spiro atoms. The van der Waals surface area contributed by atoms with E-state index < -0.39 is 0 Å². The maximum atomic E-state index is 13.1. The van der Waals surface area contributed by atoms with Gasteiger partial charge in [0.2, 0.25) is 12.7 Å². The number of hydrogen-bond acceptors (Lipinski definition) is 6. The number of nitrogens with zero attached hydrogens (tertiary/aromatic N) is 2. The third kappa shape index (κ3) is 4.09. The molecule has 1 fully saturated rings. The fraction of sp³-hybridized carbons (Fsp3) is 0.480. The van der Waals surface area contributed by atoms with Crippen molar-refractivity contribution in [2.75, 3.05) is 40.6 Å². The van der Waals surface area contributed by atoms with Gasteiger partial charge in [0.05, 0.1) is 20.6 Å². The number of ether oxygens (including phenoxy) is 4. The van der Waals surface area contributed by atoms with Gasteiger partial charge in [-0.15, -0.1) is 0 Å². The molecule has 0 radical (unpaired) electrons. The van der Waals surface area contributed by atoms with Gasteiger partial charge in [-0.05, 0) is 60.2 Å². The van der Waals surface area contributed by atoms with Crippen LogP contribution in [-0.4, -0.2) is 62.4 Å². The average molecular weight is 439 g/mol. The monoisotopic (exact) mass is 438 g/mol. The summed E-state index contributed by atoms with van der Waals surface area (Å²) in [5, 5.41) is 0. The average Bonchev–Trinajstić information content (AvgIpc) is 3.30. The van der Waals surface area contributed by atoms with Gasteiger partial charge in [0, 0.05) is 32.2 Å². The number of carbonyl (C=O) groups excluding carboxylic acids is 1. The molecule has 3 heterocycles. The number of fused-ring (bicyclic) bond motifs is 2. The quantitative estimate of drug-likeness (QED) is 0.715. The van der Waals surface area contributed by atoms with Crippen molar-refractivity contribution in [3.05, 3.63) is 47.0 Å². The number of hydrogen-bond donors (Lipinski definition) is 0. The first-order valence-corrected chi connectivity index (χ1v) is 11.3. The van der Waals surface area contributed by atoms with E-state index in [4.69, 9.17) is 18.9 Å². The Morgan fingerprint density at radius 1 is 1.03 bits per heavy atom. The minimum absolute atomic E-state index is 0.178. The molecule has 7 heteroatoms. The largest absolute Gasteiger partial charge is 0.493 e. The van der Waals surface area contributed by atoms with E-state index in [1.54, 1.807) is 14.2 Å². The van der Waals surface area contributed by atoms with Gasteiger partial charge in [-0.1, -0.05) is 6.07 Å². The molecule has 1 atom stereocenters. The van der Waals surface area contributed by atoms with Gasteiger partial charge in [-0.25, -0.2) is 0 Å². The van der Waals surface area contributed by atoms with Crippen LogP contribution in [-0.2, 0) is 24.2 Å². The lowest BCUT2D eigenvalue weighted by molar-refractivity contribution is -0.132. The van der Waals surface area contributed by atoms with Crippen molar-refractivity contribution in [2.45, 2.75) is 38.3 Å². The Balaban J connectivity index is 1.24. The zero-order chi connectivity index (χ0) is 22.1. The maximum absolute atomic E-state index is 13.1. The van der Waals surface area contributed by atoms with E-state index in [2.05, 4.69) is 17.0 Å². The molecule has 0 aromatic heterocycles. The van der Waals surface area contributed by atoms with Crippen LogP contribution in [0.2, 0.25) is 0 Å². The summed E-state index contributed by atoms with van der Waals surface area (Å²) < 4.78 is 21.8. The van der Waals surface area contributed by atoms with Crippen molar-refractivity contribution >= 4 is 5.91 Å². The summed E-state index contributed by atoms with van der Waals surface area (Å²) in [6.07, 6.45) is 3.53. The van der Waals surface area contributed by atoms with Gasteiger partial charge < -0.3 is 23.8 Å². The molecule has 7 nitrogen and oxygen atoms in total. The molecule has 32 heavy (non-hydrogen) atoms. The van der Waals surface area contributed by atoms with E-state index in [-0.39, 0.29) is 12.7 Å². The highest BCUT2D eigenvalue weighted by Gasteiger charge is 2.30. The van der Waals surface area contributed by atoms with Crippen LogP contribution in [0.1, 0.15) is 29.5 Å². The lowest BCUT2D eigenvalue weighted by Crippen LogP contribution is -2.51. The number of piperidine rings is 1. The van der Waals surface area contributed by atoms with Crippen LogP contribution < -0.4 is 18.9 Å². The van der Waals surface area contributed by atoms with Crippen LogP contribution in [0.25, 0.3) is 0 Å². The third-order valence-electron chi connectivity index (χ3n) is 6.81. The number of carbonyl (C=O) groups is 1. The Hall–Kier alpha value is -2.93. The number of rotatable bonds is 5. The standard InChI is InChI=1S/C25H30N2O5/c1-29-22-12-18-7-9-26(14-19(18)13-23(22)30-2)20-4-3-8-27(15-20)25(28)11-17-5-6-21-24(10-17)32-16-31-21/h5-6,10,12-13,20H,3-4,7-9,11,14-16H2,1-2H3. The van der Waals surface area contributed by atoms with Gasteiger partial charge in [0.25, 0.3) is 0 Å². The summed E-state index contributed by atoms with van der Waals surface area (Å²) in [4.78, 5) is 17.6. The van der Waals surface area contributed by atoms with Crippen molar-refractivity contribution < 1.29 is 23.7 Å². The summed E-state index contributed by atoms with van der Waals surface area (Å²) in [6.45, 7) is 3.74. The van der Waals surface area contributed by atoms with Crippen molar-refractivity contribution in [1.29, 1.82) is 0 Å². The molecule has 3 aliphatic heterocycles. The van der Waals surface area contributed by atoms with E-state index in [1.165, 1.54) is 11.1 Å². The highest BCUT2D eigenvalue weighted by atomic mass is 16.7. The molecule has 2 aromatic carbocycles. The zero-order valence-electron chi connectivity index (χ0n) is 18.8. The smallest absolute Gasteiger partial charge is 0.231 e. The van der Waals surface area contributed by atoms with Crippen LogP contribution >= 0.6 is 0 Å². The lowest BCUT2D eigenvalue weighted by Gasteiger charge is -2.41. The van der Waals surface area contributed by atoms with E-state index in [1.807, 2.05) is 23.1 Å². The van der Waals surface area contributed by atoms with E-state index in [0.29, 0.717) is 12.5 Å². The van der Waals surface area contributed by atoms with Crippen LogP contribution in [0.4, 0.5) is 0 Å². The van der Waals surface area contributed by atoms with Crippen LogP contribution in [0.3, 0.4) is 0 Å². The molecular formula is C25H30N2O5. The van der Waals surface area contributed by atoms with Gasteiger partial charge >= 0.3 is 0 Å². The molecule has 0 saturated carbocycles. The van der Waals surface area contributed by atoms with E-state index in [0.717, 1.165) is 74.0 Å². The predicted octanol–water partition coefficient (Wildman–Crippen LogP) is 3.02. The second kappa shape index (κ2) is 8.90. The summed E-state index contributed by atoms with van der Waals surface area (Å²) in [5.74, 6) is 3.22. The first kappa shape index (κ1) is 20.9. The molecule has 5 rings (SSSR count). The maximum Gasteiger partial charge on any atom is 0.231 e. The molecule has 2 aromatic rings. The zero-order valence-corrected chi connectivity index (χ0v) is 18.8. The predicted molar refractivity (Wildman–Crippen MR) is 120 cm³/mol. The van der Waals surface area contributed by atoms with Crippen molar-refractivity contribution in [3.8, 4) is 23.0 Å². The van der Waals surface area contributed by atoms with Gasteiger partial charge in [0.15, 0.2) is 23.0 Å². The van der Waals surface area contributed by atoms with Crippen LogP contribution in [0.15, 0.2) is 30.3 Å². The Morgan fingerprint density at radius 2 is 1.81 bits per heavy atom. The number of benzene rings is 2. The molecule has 0 bridgehead atoms. The fourth-order valence-electron chi connectivity index (χ4n) is 5.03. The summed E-state index contributed by atoms with van der Waals surface area (Å²) in [6, 6.07) is 10.4. The van der Waals surface area contributed by atoms with Crippen LogP contribution in [0, 0.1) is 0 Å². The van der Waals surface area contributed by atoms with Crippen LogP contribution in [0.5, 0.6) is 23.0 Å². The number of methoxy groups -OCH3 is 2. The van der Waals surface area contributed by atoms with Crippen molar-refractivity contribution in [3.63, 3.8) is 0 Å². The lowest BCUT2D eigenvalue weighted by atomic mass is 9.95. The normalized spacial score (nSPS) is 20.1. The number of likely N-dealkylation sites (tertiary alicyclic amines) is 1. The molecule has 170 valence electrons. The topological polar surface area (TPSA) is 60.5 Å². The summed E-state index contributed by atoms with van der Waals surface area (Å²) >= 11 is 0. The third-order valence-corrected chi connectivity index (χ3v) is 6.81. The summed E-state index contributed by atoms with van der Waals surface area (Å²) in [5.41, 5.74) is 3.58. The first-order chi connectivity index (χ1) is 15.6. The van der Waals surface area contributed by atoms with Gasteiger partial charge in [-0.3, -0.25) is 9.69 Å². The Bertz CT molecular complexity index is 1010. The first-order valence-electron chi connectivity index (χ1n) is 11.3. The van der Waals surface area contributed by atoms with Gasteiger partial charge in [0.1, 0.15) is 0 Å². The Labute approximate surface area is 188 Å². The highest BCUT2D eigenvalue weighted by molar-refractivity contribution is 5.79. The second-order valence-electron chi connectivity index (χ2n) is 8.70. The second-order valence-corrected chi connectivity index (χ2v) is 8.70. The Morgan fingerprint density at radius 3 is 2.62 bits per heavy atom. The van der Waals surface area contributed by atoms with E-state index in [9.17, 15) is 4.79 Å². The molecule has 1 amide bonds. The minimum atomic E-state index is 0.178. The van der Waals surface area contributed by atoms with Crippen molar-refractivity contribution in [2.24, 2.45) is 0 Å². The SMILES string of the molecule is COc1cc2c(cc1OC)CN(C1CCCN(C(=O)Cc3ccc4c(c3)OCO4)C1)CC2. The number of amides is 1. The summed E-state index contributed by atoms with van der Waals surface area (Å²) in [7, 11) is 3.35. The molecule has 0 N–H and O–H groups in total. The minimum Gasteiger partial charge on any atom is -0.493 e. The van der Waals surface area contributed by atoms with E-state index >= 15 is 0 Å².